The van der Waals surface area contributed by atoms with E-state index in [0.29, 0.717) is 0 Å². The molecule has 1 aliphatic heterocycles. The molecule has 0 unspecified atom stereocenters. The smallest absolute Gasteiger partial charge is 0.308 e. The minimum atomic E-state index is -0.0867. The number of aliphatic imine (C=N–C) groups is 1. The summed E-state index contributed by atoms with van der Waals surface area (Å²) in [6, 6.07) is 6.66. The van der Waals surface area contributed by atoms with E-state index >= 15 is 0 Å². The normalized spacial score (nSPS) is 15.4. The maximum atomic E-state index is 11.7. The third kappa shape index (κ3) is 6.78. The Kier molecular flexibility index (Phi) is 9.98. The lowest BCUT2D eigenvalue weighted by atomic mass is 9.97. The Morgan fingerprint density at radius 2 is 1.85 bits per heavy atom. The number of carbonyl (C=O) groups is 1. The van der Waals surface area contributed by atoms with E-state index in [9.17, 15) is 4.79 Å². The number of nitrogens with one attached hydrogen (secondary N) is 1. The summed E-state index contributed by atoms with van der Waals surface area (Å²) in [7, 11) is 1.47. The molecular formula is C20H32IN3O2. The van der Waals surface area contributed by atoms with Crippen molar-refractivity contribution in [3.63, 3.8) is 0 Å². The number of methoxy groups -OCH3 is 1. The SMILES string of the molecule is CCNC(=NCCc1cc(C)cc(C)c1)N1CCC(C(=O)OC)CC1.I. The molecule has 0 aromatic heterocycles. The highest BCUT2D eigenvalue weighted by atomic mass is 127. The van der Waals surface area contributed by atoms with Crippen LogP contribution < -0.4 is 5.32 Å². The van der Waals surface area contributed by atoms with Crippen molar-refractivity contribution in [2.45, 2.75) is 40.0 Å². The Morgan fingerprint density at radius 1 is 1.23 bits per heavy atom. The van der Waals surface area contributed by atoms with Crippen molar-refractivity contribution < 1.29 is 9.53 Å². The summed E-state index contributed by atoms with van der Waals surface area (Å²) >= 11 is 0. The maximum absolute atomic E-state index is 11.7. The number of likely N-dealkylation sites (tertiary alicyclic amines) is 1. The number of halogens is 1. The number of benzene rings is 1. The molecule has 5 nitrogen and oxygen atoms in total. The fourth-order valence-corrected chi connectivity index (χ4v) is 3.42. The van der Waals surface area contributed by atoms with E-state index < -0.39 is 0 Å². The number of aryl methyl sites for hydroxylation is 2. The Morgan fingerprint density at radius 3 is 2.38 bits per heavy atom. The summed E-state index contributed by atoms with van der Waals surface area (Å²) in [5.74, 6) is 0.894. The fourth-order valence-electron chi connectivity index (χ4n) is 3.42. The summed E-state index contributed by atoms with van der Waals surface area (Å²) < 4.78 is 4.86. The monoisotopic (exact) mass is 473 g/mol. The summed E-state index contributed by atoms with van der Waals surface area (Å²) in [6.45, 7) is 9.65. The van der Waals surface area contributed by atoms with Crippen molar-refractivity contribution in [2.75, 3.05) is 33.3 Å². The van der Waals surface area contributed by atoms with Gasteiger partial charge in [0.15, 0.2) is 5.96 Å². The third-order valence-corrected chi connectivity index (χ3v) is 4.61. The lowest BCUT2D eigenvalue weighted by Gasteiger charge is -2.33. The molecule has 0 atom stereocenters. The molecule has 1 aromatic rings. The summed E-state index contributed by atoms with van der Waals surface area (Å²) in [4.78, 5) is 18.7. The molecule has 0 radical (unpaired) electrons. The van der Waals surface area contributed by atoms with Crippen molar-refractivity contribution >= 4 is 35.9 Å². The zero-order chi connectivity index (χ0) is 18.2. The van der Waals surface area contributed by atoms with E-state index in [1.54, 1.807) is 0 Å². The predicted octanol–water partition coefficient (Wildman–Crippen LogP) is 3.31. The number of carbonyl (C=O) groups excluding carboxylic acids is 1. The standard InChI is InChI=1S/C20H31N3O2.HI/c1-5-21-20(23-10-7-18(8-11-23)19(24)25-4)22-9-6-17-13-15(2)12-16(3)14-17;/h12-14,18H,5-11H2,1-4H3,(H,21,22);1H. The second kappa shape index (κ2) is 11.4. The molecule has 1 N–H and O–H groups in total. The molecule has 0 bridgehead atoms. The summed E-state index contributed by atoms with van der Waals surface area (Å²) in [5, 5.41) is 3.38. The number of esters is 1. The van der Waals surface area contributed by atoms with Crippen LogP contribution in [-0.2, 0) is 16.0 Å². The van der Waals surface area contributed by atoms with E-state index in [-0.39, 0.29) is 35.9 Å². The first kappa shape index (κ1) is 22.7. The molecule has 0 spiro atoms. The molecule has 1 fully saturated rings. The van der Waals surface area contributed by atoms with Gasteiger partial charge in [0.1, 0.15) is 0 Å². The molecular weight excluding hydrogens is 441 g/mol. The van der Waals surface area contributed by atoms with Crippen molar-refractivity contribution in [3.05, 3.63) is 34.9 Å². The predicted molar refractivity (Wildman–Crippen MR) is 117 cm³/mol. The van der Waals surface area contributed by atoms with Crippen LogP contribution in [0.1, 0.15) is 36.5 Å². The van der Waals surface area contributed by atoms with Crippen LogP contribution in [0, 0.1) is 19.8 Å². The number of ether oxygens (including phenoxy) is 1. The molecule has 146 valence electrons. The van der Waals surface area contributed by atoms with Crippen LogP contribution >= 0.6 is 24.0 Å². The molecule has 6 heteroatoms. The first-order chi connectivity index (χ1) is 12.0. The molecule has 1 saturated heterocycles. The highest BCUT2D eigenvalue weighted by molar-refractivity contribution is 14.0. The van der Waals surface area contributed by atoms with E-state index in [0.717, 1.165) is 51.4 Å². The van der Waals surface area contributed by atoms with E-state index in [2.05, 4.69) is 49.2 Å². The highest BCUT2D eigenvalue weighted by Gasteiger charge is 2.26. The summed E-state index contributed by atoms with van der Waals surface area (Å²) in [5.41, 5.74) is 3.94. The zero-order valence-corrected chi connectivity index (χ0v) is 18.7. The molecule has 0 aliphatic carbocycles. The van der Waals surface area contributed by atoms with Crippen LogP contribution in [0.25, 0.3) is 0 Å². The van der Waals surface area contributed by atoms with Gasteiger partial charge >= 0.3 is 5.97 Å². The van der Waals surface area contributed by atoms with Crippen molar-refractivity contribution in [1.82, 2.24) is 10.2 Å². The first-order valence-electron chi connectivity index (χ1n) is 9.21. The van der Waals surface area contributed by atoms with Gasteiger partial charge in [-0.1, -0.05) is 29.3 Å². The average molecular weight is 473 g/mol. The van der Waals surface area contributed by atoms with Crippen LogP contribution in [0.15, 0.2) is 23.2 Å². The van der Waals surface area contributed by atoms with Crippen LogP contribution in [0.2, 0.25) is 0 Å². The van der Waals surface area contributed by atoms with Crippen LogP contribution in [-0.4, -0.2) is 50.1 Å². The molecule has 0 saturated carbocycles. The fraction of sp³-hybridized carbons (Fsp3) is 0.600. The Bertz CT molecular complexity index is 591. The number of guanidine groups is 1. The van der Waals surface area contributed by atoms with Gasteiger partial charge in [0.05, 0.1) is 13.0 Å². The number of hydrogen-bond acceptors (Lipinski definition) is 3. The molecule has 1 heterocycles. The molecule has 2 rings (SSSR count). The van der Waals surface area contributed by atoms with Gasteiger partial charge in [-0.25, -0.2) is 0 Å². The van der Waals surface area contributed by atoms with Gasteiger partial charge in [-0.05, 0) is 45.6 Å². The van der Waals surface area contributed by atoms with E-state index in [1.807, 2.05) is 0 Å². The Balaban J connectivity index is 0.00000338. The van der Waals surface area contributed by atoms with Crippen LogP contribution in [0.3, 0.4) is 0 Å². The Labute approximate surface area is 174 Å². The molecule has 0 amide bonds. The van der Waals surface area contributed by atoms with Crippen LogP contribution in [0.5, 0.6) is 0 Å². The maximum Gasteiger partial charge on any atom is 0.308 e. The van der Waals surface area contributed by atoms with Gasteiger partial charge in [0, 0.05) is 26.2 Å². The van der Waals surface area contributed by atoms with Gasteiger partial charge in [0.25, 0.3) is 0 Å². The quantitative estimate of drug-likeness (QED) is 0.309. The van der Waals surface area contributed by atoms with E-state index in [4.69, 9.17) is 9.73 Å². The van der Waals surface area contributed by atoms with Gasteiger partial charge in [-0.15, -0.1) is 24.0 Å². The molecule has 26 heavy (non-hydrogen) atoms. The Hall–Kier alpha value is -1.31. The van der Waals surface area contributed by atoms with Gasteiger partial charge < -0.3 is 15.0 Å². The number of nitrogens with zero attached hydrogens (tertiary/aromatic N) is 2. The minimum Gasteiger partial charge on any atom is -0.469 e. The number of hydrogen-bond donors (Lipinski definition) is 1. The number of rotatable bonds is 5. The zero-order valence-electron chi connectivity index (χ0n) is 16.4. The largest absolute Gasteiger partial charge is 0.469 e. The minimum absolute atomic E-state index is 0. The first-order valence-corrected chi connectivity index (χ1v) is 9.21. The van der Waals surface area contributed by atoms with Gasteiger partial charge in [0.2, 0.25) is 0 Å². The highest BCUT2D eigenvalue weighted by Crippen LogP contribution is 2.18. The number of piperidine rings is 1. The van der Waals surface area contributed by atoms with Crippen LogP contribution in [0.4, 0.5) is 0 Å². The topological polar surface area (TPSA) is 53.9 Å². The van der Waals surface area contributed by atoms with Gasteiger partial charge in [-0.3, -0.25) is 9.79 Å². The summed E-state index contributed by atoms with van der Waals surface area (Å²) in [6.07, 6.45) is 2.60. The second-order valence-electron chi connectivity index (χ2n) is 6.77. The third-order valence-electron chi connectivity index (χ3n) is 4.61. The average Bonchev–Trinajstić information content (AvgIpc) is 2.59. The molecule has 1 aliphatic rings. The van der Waals surface area contributed by atoms with E-state index in [1.165, 1.54) is 23.8 Å². The van der Waals surface area contributed by atoms with Gasteiger partial charge in [-0.2, -0.15) is 0 Å². The second-order valence-corrected chi connectivity index (χ2v) is 6.77. The lowest BCUT2D eigenvalue weighted by Crippen LogP contribution is -2.46. The van der Waals surface area contributed by atoms with Crippen molar-refractivity contribution in [1.29, 1.82) is 0 Å². The molecule has 1 aromatic carbocycles. The van der Waals surface area contributed by atoms with Crippen molar-refractivity contribution in [2.24, 2.45) is 10.9 Å². The van der Waals surface area contributed by atoms with Crippen molar-refractivity contribution in [3.8, 4) is 0 Å². The lowest BCUT2D eigenvalue weighted by molar-refractivity contribution is -0.146.